The SMILES string of the molecule is CCc1ccc(C(C)(O)c2ccc(OC)cc2OC)cc1. The predicted octanol–water partition coefficient (Wildman–Crippen LogP) is 3.52. The zero-order chi connectivity index (χ0) is 15.5. The minimum atomic E-state index is -1.12. The van der Waals surface area contributed by atoms with Gasteiger partial charge in [-0.15, -0.1) is 0 Å². The smallest absolute Gasteiger partial charge is 0.128 e. The second-order valence-corrected chi connectivity index (χ2v) is 5.19. The first-order valence-corrected chi connectivity index (χ1v) is 7.07. The highest BCUT2D eigenvalue weighted by Crippen LogP contribution is 2.37. The van der Waals surface area contributed by atoms with Crippen LogP contribution in [0.25, 0.3) is 0 Å². The molecule has 2 rings (SSSR count). The van der Waals surface area contributed by atoms with Gasteiger partial charge in [0.15, 0.2) is 0 Å². The van der Waals surface area contributed by atoms with Gasteiger partial charge in [-0.2, -0.15) is 0 Å². The molecule has 3 nitrogen and oxygen atoms in total. The van der Waals surface area contributed by atoms with Gasteiger partial charge in [0.25, 0.3) is 0 Å². The van der Waals surface area contributed by atoms with E-state index in [-0.39, 0.29) is 0 Å². The van der Waals surface area contributed by atoms with Crippen molar-refractivity contribution in [3.05, 3.63) is 59.2 Å². The monoisotopic (exact) mass is 286 g/mol. The van der Waals surface area contributed by atoms with Crippen molar-refractivity contribution in [2.24, 2.45) is 0 Å². The van der Waals surface area contributed by atoms with Crippen molar-refractivity contribution in [3.63, 3.8) is 0 Å². The lowest BCUT2D eigenvalue weighted by atomic mass is 9.87. The van der Waals surface area contributed by atoms with Crippen LogP contribution in [-0.2, 0) is 12.0 Å². The Kier molecular flexibility index (Phi) is 4.53. The van der Waals surface area contributed by atoms with Crippen molar-refractivity contribution in [1.29, 1.82) is 0 Å². The third-order valence-corrected chi connectivity index (χ3v) is 3.86. The molecule has 0 saturated heterocycles. The van der Waals surface area contributed by atoms with E-state index in [1.165, 1.54) is 5.56 Å². The van der Waals surface area contributed by atoms with Gasteiger partial charge in [-0.3, -0.25) is 0 Å². The summed E-state index contributed by atoms with van der Waals surface area (Å²) < 4.78 is 10.6. The molecule has 0 aliphatic heterocycles. The minimum Gasteiger partial charge on any atom is -0.497 e. The molecule has 1 atom stereocenters. The lowest BCUT2D eigenvalue weighted by Crippen LogP contribution is -2.23. The van der Waals surface area contributed by atoms with E-state index < -0.39 is 5.60 Å². The van der Waals surface area contributed by atoms with Gasteiger partial charge in [-0.05, 0) is 36.6 Å². The quantitative estimate of drug-likeness (QED) is 0.914. The Bertz CT molecular complexity index is 600. The maximum absolute atomic E-state index is 11.0. The first kappa shape index (κ1) is 15.4. The Morgan fingerprint density at radius 3 is 2.19 bits per heavy atom. The molecule has 2 aromatic rings. The van der Waals surface area contributed by atoms with Crippen LogP contribution in [0.4, 0.5) is 0 Å². The number of aryl methyl sites for hydroxylation is 1. The molecule has 0 amide bonds. The number of hydrogen-bond donors (Lipinski definition) is 1. The fourth-order valence-corrected chi connectivity index (χ4v) is 2.42. The maximum Gasteiger partial charge on any atom is 0.128 e. The van der Waals surface area contributed by atoms with Crippen LogP contribution in [0.2, 0.25) is 0 Å². The molecule has 112 valence electrons. The van der Waals surface area contributed by atoms with Gasteiger partial charge >= 0.3 is 0 Å². The second kappa shape index (κ2) is 6.19. The summed E-state index contributed by atoms with van der Waals surface area (Å²) in [5.41, 5.74) is 1.68. The van der Waals surface area contributed by atoms with E-state index in [1.807, 2.05) is 36.4 Å². The Morgan fingerprint density at radius 2 is 1.67 bits per heavy atom. The zero-order valence-electron chi connectivity index (χ0n) is 13.0. The molecule has 1 unspecified atom stereocenters. The number of benzene rings is 2. The third kappa shape index (κ3) is 3.03. The van der Waals surface area contributed by atoms with Crippen molar-refractivity contribution < 1.29 is 14.6 Å². The molecule has 0 aliphatic carbocycles. The Balaban J connectivity index is 2.46. The van der Waals surface area contributed by atoms with Gasteiger partial charge in [-0.1, -0.05) is 31.2 Å². The van der Waals surface area contributed by atoms with Crippen molar-refractivity contribution in [2.45, 2.75) is 25.9 Å². The van der Waals surface area contributed by atoms with Crippen LogP contribution in [0.3, 0.4) is 0 Å². The van der Waals surface area contributed by atoms with E-state index in [4.69, 9.17) is 9.47 Å². The van der Waals surface area contributed by atoms with Crippen LogP contribution in [0, 0.1) is 0 Å². The topological polar surface area (TPSA) is 38.7 Å². The van der Waals surface area contributed by atoms with E-state index in [0.29, 0.717) is 11.5 Å². The molecule has 0 bridgehead atoms. The molecule has 0 spiro atoms. The van der Waals surface area contributed by atoms with Crippen molar-refractivity contribution in [3.8, 4) is 11.5 Å². The van der Waals surface area contributed by atoms with E-state index in [9.17, 15) is 5.11 Å². The Hall–Kier alpha value is -2.00. The van der Waals surface area contributed by atoms with Gasteiger partial charge in [0.05, 0.1) is 14.2 Å². The van der Waals surface area contributed by atoms with Gasteiger partial charge in [0, 0.05) is 11.6 Å². The second-order valence-electron chi connectivity index (χ2n) is 5.19. The molecule has 2 aromatic carbocycles. The summed E-state index contributed by atoms with van der Waals surface area (Å²) in [6, 6.07) is 13.5. The average molecular weight is 286 g/mol. The average Bonchev–Trinajstić information content (AvgIpc) is 2.54. The van der Waals surface area contributed by atoms with Crippen LogP contribution in [0.5, 0.6) is 11.5 Å². The summed E-state index contributed by atoms with van der Waals surface area (Å²) in [5, 5.41) is 11.0. The van der Waals surface area contributed by atoms with Gasteiger partial charge in [0.1, 0.15) is 17.1 Å². The van der Waals surface area contributed by atoms with Crippen molar-refractivity contribution in [1.82, 2.24) is 0 Å². The van der Waals surface area contributed by atoms with E-state index in [2.05, 4.69) is 6.92 Å². The zero-order valence-corrected chi connectivity index (χ0v) is 13.0. The number of methoxy groups -OCH3 is 2. The number of aliphatic hydroxyl groups is 1. The van der Waals surface area contributed by atoms with Crippen molar-refractivity contribution in [2.75, 3.05) is 14.2 Å². The number of hydrogen-bond acceptors (Lipinski definition) is 3. The first-order valence-electron chi connectivity index (χ1n) is 7.07. The summed E-state index contributed by atoms with van der Waals surface area (Å²) >= 11 is 0. The molecular weight excluding hydrogens is 264 g/mol. The van der Waals surface area contributed by atoms with E-state index >= 15 is 0 Å². The molecule has 0 aromatic heterocycles. The van der Waals surface area contributed by atoms with Gasteiger partial charge in [-0.25, -0.2) is 0 Å². The lowest BCUT2D eigenvalue weighted by molar-refractivity contribution is 0.0988. The summed E-state index contributed by atoms with van der Waals surface area (Å²) in [4.78, 5) is 0. The summed E-state index contributed by atoms with van der Waals surface area (Å²) in [6.45, 7) is 3.89. The number of ether oxygens (including phenoxy) is 2. The normalized spacial score (nSPS) is 13.6. The summed E-state index contributed by atoms with van der Waals surface area (Å²) in [5.74, 6) is 1.31. The fraction of sp³-hybridized carbons (Fsp3) is 0.333. The van der Waals surface area contributed by atoms with E-state index in [1.54, 1.807) is 27.2 Å². The van der Waals surface area contributed by atoms with Crippen molar-refractivity contribution >= 4 is 0 Å². The molecule has 0 saturated carbocycles. The number of rotatable bonds is 5. The van der Waals surface area contributed by atoms with Crippen LogP contribution >= 0.6 is 0 Å². The first-order chi connectivity index (χ1) is 10.0. The lowest BCUT2D eigenvalue weighted by Gasteiger charge is -2.27. The molecule has 0 radical (unpaired) electrons. The van der Waals surface area contributed by atoms with Crippen LogP contribution < -0.4 is 9.47 Å². The molecule has 0 fully saturated rings. The molecule has 0 heterocycles. The molecule has 0 aliphatic rings. The van der Waals surface area contributed by atoms with Crippen LogP contribution in [0.15, 0.2) is 42.5 Å². The molecule has 3 heteroatoms. The highest BCUT2D eigenvalue weighted by Gasteiger charge is 2.29. The maximum atomic E-state index is 11.0. The highest BCUT2D eigenvalue weighted by molar-refractivity contribution is 5.48. The molecule has 21 heavy (non-hydrogen) atoms. The Morgan fingerprint density at radius 1 is 1.00 bits per heavy atom. The highest BCUT2D eigenvalue weighted by atomic mass is 16.5. The van der Waals surface area contributed by atoms with Crippen LogP contribution in [-0.4, -0.2) is 19.3 Å². The van der Waals surface area contributed by atoms with Gasteiger partial charge < -0.3 is 14.6 Å². The molecular formula is C18H22O3. The largest absolute Gasteiger partial charge is 0.497 e. The fourth-order valence-electron chi connectivity index (χ4n) is 2.42. The summed E-state index contributed by atoms with van der Waals surface area (Å²) in [6.07, 6.45) is 0.980. The molecule has 1 N–H and O–H groups in total. The minimum absolute atomic E-state index is 0.610. The van der Waals surface area contributed by atoms with Crippen LogP contribution in [0.1, 0.15) is 30.5 Å². The third-order valence-electron chi connectivity index (χ3n) is 3.86. The Labute approximate surface area is 126 Å². The van der Waals surface area contributed by atoms with E-state index in [0.717, 1.165) is 17.5 Å². The van der Waals surface area contributed by atoms with Gasteiger partial charge in [0.2, 0.25) is 0 Å². The predicted molar refractivity (Wildman–Crippen MR) is 84.0 cm³/mol. The summed E-state index contributed by atoms with van der Waals surface area (Å²) in [7, 11) is 3.20. The standard InChI is InChI=1S/C18H22O3/c1-5-13-6-8-14(9-7-13)18(2,19)16-11-10-15(20-3)12-17(16)21-4/h6-12,19H,5H2,1-4H3.